The van der Waals surface area contributed by atoms with E-state index in [1.165, 1.54) is 0 Å². The predicted octanol–water partition coefficient (Wildman–Crippen LogP) is 2.27. The van der Waals surface area contributed by atoms with Crippen molar-refractivity contribution in [3.8, 4) is 0 Å². The van der Waals surface area contributed by atoms with Crippen molar-refractivity contribution in [1.29, 1.82) is 0 Å². The zero-order valence-corrected chi connectivity index (χ0v) is 9.65. The van der Waals surface area contributed by atoms with Gasteiger partial charge in [0.2, 0.25) is 0 Å². The molecule has 6 heteroatoms. The Morgan fingerprint density at radius 3 is 2.53 bits per heavy atom. The Hall–Kier alpha value is -0.790. The van der Waals surface area contributed by atoms with E-state index in [4.69, 9.17) is 0 Å². The molecule has 0 aliphatic heterocycles. The standard InChI is InChI=1S/C9H7F3INO/c10-6-2-1-5(7(11)8(6)12)9(15)14-4-3-13/h1-2H,3-4H2,(H,14,15). The summed E-state index contributed by atoms with van der Waals surface area (Å²) >= 11 is 2.02. The molecular formula is C9H7F3INO. The number of benzene rings is 1. The lowest BCUT2D eigenvalue weighted by atomic mass is 10.2. The number of alkyl halides is 1. The first-order valence-corrected chi connectivity index (χ1v) is 5.58. The third kappa shape index (κ3) is 2.83. The van der Waals surface area contributed by atoms with Crippen LogP contribution < -0.4 is 5.32 Å². The van der Waals surface area contributed by atoms with Crippen molar-refractivity contribution < 1.29 is 18.0 Å². The van der Waals surface area contributed by atoms with E-state index in [1.807, 2.05) is 22.6 Å². The average Bonchev–Trinajstić information content (AvgIpc) is 2.23. The molecule has 0 bridgehead atoms. The normalized spacial score (nSPS) is 10.1. The van der Waals surface area contributed by atoms with Crippen LogP contribution >= 0.6 is 22.6 Å². The number of carbonyl (C=O) groups excluding carboxylic acids is 1. The molecule has 0 saturated carbocycles. The van der Waals surface area contributed by atoms with E-state index in [2.05, 4.69) is 5.32 Å². The summed E-state index contributed by atoms with van der Waals surface area (Å²) in [5, 5.41) is 2.36. The Bertz CT molecular complexity index is 384. The fraction of sp³-hybridized carbons (Fsp3) is 0.222. The molecule has 0 atom stereocenters. The third-order valence-corrected chi connectivity index (χ3v) is 2.20. The van der Waals surface area contributed by atoms with Crippen molar-refractivity contribution >= 4 is 28.5 Å². The highest BCUT2D eigenvalue weighted by Crippen LogP contribution is 2.14. The van der Waals surface area contributed by atoms with Crippen molar-refractivity contribution in [2.24, 2.45) is 0 Å². The largest absolute Gasteiger partial charge is 0.351 e. The summed E-state index contributed by atoms with van der Waals surface area (Å²) in [5.74, 6) is -5.14. The van der Waals surface area contributed by atoms with Gasteiger partial charge in [-0.1, -0.05) is 22.6 Å². The van der Waals surface area contributed by atoms with Gasteiger partial charge < -0.3 is 5.32 Å². The molecule has 1 rings (SSSR count). The second-order valence-electron chi connectivity index (χ2n) is 2.67. The van der Waals surface area contributed by atoms with Crippen LogP contribution in [0.4, 0.5) is 13.2 Å². The van der Waals surface area contributed by atoms with Crippen LogP contribution in [0, 0.1) is 17.5 Å². The molecule has 1 N–H and O–H groups in total. The zero-order chi connectivity index (χ0) is 11.4. The molecule has 0 heterocycles. The summed E-state index contributed by atoms with van der Waals surface area (Å²) in [7, 11) is 0. The van der Waals surface area contributed by atoms with Crippen LogP contribution in [0.5, 0.6) is 0 Å². The van der Waals surface area contributed by atoms with Crippen LogP contribution in [-0.4, -0.2) is 16.9 Å². The molecule has 1 aromatic rings. The maximum atomic E-state index is 13.1. The van der Waals surface area contributed by atoms with Gasteiger partial charge in [-0.05, 0) is 12.1 Å². The summed E-state index contributed by atoms with van der Waals surface area (Å²) in [4.78, 5) is 11.2. The first-order chi connectivity index (χ1) is 7.07. The fourth-order valence-corrected chi connectivity index (χ4v) is 1.23. The van der Waals surface area contributed by atoms with Gasteiger partial charge in [-0.15, -0.1) is 0 Å². The van der Waals surface area contributed by atoms with E-state index in [9.17, 15) is 18.0 Å². The Morgan fingerprint density at radius 1 is 1.27 bits per heavy atom. The first-order valence-electron chi connectivity index (χ1n) is 4.05. The van der Waals surface area contributed by atoms with Gasteiger partial charge >= 0.3 is 0 Å². The Kier molecular flexibility index (Phi) is 4.37. The second-order valence-corrected chi connectivity index (χ2v) is 3.75. The van der Waals surface area contributed by atoms with Crippen LogP contribution in [0.15, 0.2) is 12.1 Å². The molecule has 2 nitrogen and oxygen atoms in total. The van der Waals surface area contributed by atoms with Crippen molar-refractivity contribution in [1.82, 2.24) is 5.32 Å². The van der Waals surface area contributed by atoms with E-state index in [-0.39, 0.29) is 0 Å². The molecule has 0 aliphatic carbocycles. The fourth-order valence-electron chi connectivity index (χ4n) is 0.957. The number of carbonyl (C=O) groups is 1. The lowest BCUT2D eigenvalue weighted by molar-refractivity contribution is 0.0951. The van der Waals surface area contributed by atoms with E-state index in [1.54, 1.807) is 0 Å². The summed E-state index contributed by atoms with van der Waals surface area (Å²) < 4.78 is 39.0. The van der Waals surface area contributed by atoms with Crippen LogP contribution in [0.1, 0.15) is 10.4 Å². The van der Waals surface area contributed by atoms with Gasteiger partial charge in [0, 0.05) is 11.0 Å². The molecule has 0 fully saturated rings. The van der Waals surface area contributed by atoms with Gasteiger partial charge in [0.15, 0.2) is 17.5 Å². The first kappa shape index (κ1) is 12.3. The van der Waals surface area contributed by atoms with Crippen LogP contribution in [0.3, 0.4) is 0 Å². The third-order valence-electron chi connectivity index (χ3n) is 1.66. The maximum Gasteiger partial charge on any atom is 0.254 e. The van der Waals surface area contributed by atoms with Crippen molar-refractivity contribution in [2.45, 2.75) is 0 Å². The molecule has 0 aliphatic rings. The molecule has 0 spiro atoms. The van der Waals surface area contributed by atoms with Gasteiger partial charge in [0.25, 0.3) is 5.91 Å². The topological polar surface area (TPSA) is 29.1 Å². The number of hydrogen-bond donors (Lipinski definition) is 1. The lowest BCUT2D eigenvalue weighted by Gasteiger charge is -2.04. The number of halogens is 4. The minimum atomic E-state index is -1.63. The van der Waals surface area contributed by atoms with Gasteiger partial charge in [-0.2, -0.15) is 0 Å². The monoisotopic (exact) mass is 329 g/mol. The number of rotatable bonds is 3. The molecule has 0 unspecified atom stereocenters. The quantitative estimate of drug-likeness (QED) is 0.515. The van der Waals surface area contributed by atoms with Gasteiger partial charge in [-0.25, -0.2) is 13.2 Å². The highest BCUT2D eigenvalue weighted by atomic mass is 127. The highest BCUT2D eigenvalue weighted by molar-refractivity contribution is 14.1. The molecular weight excluding hydrogens is 322 g/mol. The summed E-state index contributed by atoms with van der Waals surface area (Å²) in [6, 6.07) is 1.63. The summed E-state index contributed by atoms with van der Waals surface area (Å²) in [6.07, 6.45) is 0. The Morgan fingerprint density at radius 2 is 1.93 bits per heavy atom. The Balaban J connectivity index is 2.95. The average molecular weight is 329 g/mol. The van der Waals surface area contributed by atoms with Crippen molar-refractivity contribution in [3.63, 3.8) is 0 Å². The van der Waals surface area contributed by atoms with Gasteiger partial charge in [0.1, 0.15) is 0 Å². The summed E-state index contributed by atoms with van der Waals surface area (Å²) in [5.41, 5.74) is -0.487. The minimum Gasteiger partial charge on any atom is -0.351 e. The second kappa shape index (κ2) is 5.34. The van der Waals surface area contributed by atoms with Gasteiger partial charge in [0.05, 0.1) is 5.56 Å². The van der Waals surface area contributed by atoms with Gasteiger partial charge in [-0.3, -0.25) is 4.79 Å². The smallest absolute Gasteiger partial charge is 0.254 e. The Labute approximate surface area is 98.0 Å². The molecule has 82 valence electrons. The lowest BCUT2D eigenvalue weighted by Crippen LogP contribution is -2.26. The molecule has 0 aromatic heterocycles. The molecule has 1 amide bonds. The predicted molar refractivity (Wildman–Crippen MR) is 57.5 cm³/mol. The van der Waals surface area contributed by atoms with E-state index < -0.39 is 28.9 Å². The van der Waals surface area contributed by atoms with E-state index in [0.29, 0.717) is 11.0 Å². The number of amides is 1. The zero-order valence-electron chi connectivity index (χ0n) is 7.49. The molecule has 15 heavy (non-hydrogen) atoms. The van der Waals surface area contributed by atoms with Crippen molar-refractivity contribution in [3.05, 3.63) is 35.1 Å². The van der Waals surface area contributed by atoms with Crippen LogP contribution in [0.2, 0.25) is 0 Å². The molecule has 0 radical (unpaired) electrons. The van der Waals surface area contributed by atoms with Crippen molar-refractivity contribution in [2.75, 3.05) is 11.0 Å². The van der Waals surface area contributed by atoms with Crippen LogP contribution in [0.25, 0.3) is 0 Å². The molecule has 1 aromatic carbocycles. The van der Waals surface area contributed by atoms with Crippen LogP contribution in [-0.2, 0) is 0 Å². The minimum absolute atomic E-state index is 0.345. The number of hydrogen-bond acceptors (Lipinski definition) is 1. The number of nitrogens with one attached hydrogen (secondary N) is 1. The maximum absolute atomic E-state index is 13.1. The summed E-state index contributed by atoms with van der Waals surface area (Å²) in [6.45, 7) is 0.345. The molecule has 0 saturated heterocycles. The van der Waals surface area contributed by atoms with E-state index >= 15 is 0 Å². The SMILES string of the molecule is O=C(NCCI)c1ccc(F)c(F)c1F. The van der Waals surface area contributed by atoms with E-state index in [0.717, 1.165) is 12.1 Å². The highest BCUT2D eigenvalue weighted by Gasteiger charge is 2.17.